The summed E-state index contributed by atoms with van der Waals surface area (Å²) in [5, 5.41) is 11.3. The molecule has 1 aromatic rings. The van der Waals surface area contributed by atoms with Gasteiger partial charge in [0.05, 0.1) is 27.8 Å². The molecule has 1 spiro atoms. The highest BCUT2D eigenvalue weighted by Crippen LogP contribution is 2.42. The van der Waals surface area contributed by atoms with E-state index in [1.54, 1.807) is 6.07 Å². The number of nitrogens with zero attached hydrogens (tertiary/aromatic N) is 2. The summed E-state index contributed by atoms with van der Waals surface area (Å²) in [5.74, 6) is 0. The summed E-state index contributed by atoms with van der Waals surface area (Å²) in [4.78, 5) is 12.7. The van der Waals surface area contributed by atoms with Gasteiger partial charge in [0, 0.05) is 25.2 Å². The molecular weight excluding hydrogens is 280 g/mol. The van der Waals surface area contributed by atoms with Crippen molar-refractivity contribution >= 4 is 23.0 Å². The van der Waals surface area contributed by atoms with E-state index in [9.17, 15) is 10.1 Å². The van der Waals surface area contributed by atoms with Gasteiger partial charge in [0.25, 0.3) is 5.69 Å². The van der Waals surface area contributed by atoms with E-state index in [-0.39, 0.29) is 11.3 Å². The van der Waals surface area contributed by atoms with Gasteiger partial charge in [-0.05, 0) is 31.7 Å². The lowest BCUT2D eigenvalue weighted by molar-refractivity contribution is -0.384. The highest BCUT2D eigenvalue weighted by Gasteiger charge is 2.42. The second kappa shape index (κ2) is 4.90. The number of rotatable bonds is 2. The maximum atomic E-state index is 10.9. The molecule has 2 fully saturated rings. The molecule has 0 bridgehead atoms. The monoisotopic (exact) mass is 296 g/mol. The Balaban J connectivity index is 1.91. The van der Waals surface area contributed by atoms with Gasteiger partial charge in [0.2, 0.25) is 0 Å². The van der Waals surface area contributed by atoms with Crippen molar-refractivity contribution in [1.82, 2.24) is 0 Å². The first-order valence-corrected chi connectivity index (χ1v) is 7.22. The number of nitro groups is 1. The average Bonchev–Trinajstić information content (AvgIpc) is 2.36. The number of aryl methyl sites for hydroxylation is 1. The van der Waals surface area contributed by atoms with Crippen molar-refractivity contribution in [3.63, 3.8) is 0 Å². The van der Waals surface area contributed by atoms with E-state index in [4.69, 9.17) is 16.3 Å². The number of hydrogen-bond donors (Lipinski definition) is 0. The summed E-state index contributed by atoms with van der Waals surface area (Å²) in [6.07, 6.45) is 3.39. The van der Waals surface area contributed by atoms with Crippen LogP contribution in [-0.4, -0.2) is 30.2 Å². The third kappa shape index (κ3) is 2.25. The normalized spacial score (nSPS) is 20.8. The van der Waals surface area contributed by atoms with Gasteiger partial charge >= 0.3 is 0 Å². The lowest BCUT2D eigenvalue weighted by Gasteiger charge is -2.49. The van der Waals surface area contributed by atoms with Crippen LogP contribution in [0.5, 0.6) is 0 Å². The van der Waals surface area contributed by atoms with E-state index in [0.717, 1.165) is 37.2 Å². The van der Waals surface area contributed by atoms with E-state index in [1.165, 1.54) is 12.5 Å². The molecule has 6 heteroatoms. The summed E-state index contributed by atoms with van der Waals surface area (Å²) in [6.45, 7) is 4.16. The first-order valence-electron chi connectivity index (χ1n) is 6.84. The van der Waals surface area contributed by atoms with Crippen LogP contribution in [0.3, 0.4) is 0 Å². The lowest BCUT2D eigenvalue weighted by atomic mass is 9.78. The maximum absolute atomic E-state index is 10.9. The van der Waals surface area contributed by atoms with Crippen LogP contribution in [-0.2, 0) is 4.74 Å². The molecule has 0 amide bonds. The number of morpholine rings is 1. The van der Waals surface area contributed by atoms with Crippen molar-refractivity contribution < 1.29 is 9.66 Å². The second-order valence-electron chi connectivity index (χ2n) is 5.66. The largest absolute Gasteiger partial charge is 0.371 e. The van der Waals surface area contributed by atoms with Gasteiger partial charge in [-0.3, -0.25) is 10.1 Å². The van der Waals surface area contributed by atoms with E-state index >= 15 is 0 Å². The lowest BCUT2D eigenvalue weighted by Crippen LogP contribution is -2.56. The van der Waals surface area contributed by atoms with Crippen LogP contribution in [0.15, 0.2) is 12.1 Å². The second-order valence-corrected chi connectivity index (χ2v) is 6.06. The molecule has 1 aliphatic carbocycles. The summed E-state index contributed by atoms with van der Waals surface area (Å²) in [6, 6.07) is 3.02. The molecule has 1 saturated carbocycles. The first-order chi connectivity index (χ1) is 9.51. The molecule has 108 valence electrons. The number of ether oxygens (including phenoxy) is 1. The van der Waals surface area contributed by atoms with Gasteiger partial charge in [0.1, 0.15) is 0 Å². The molecule has 5 nitrogen and oxygen atoms in total. The molecule has 20 heavy (non-hydrogen) atoms. The van der Waals surface area contributed by atoms with Crippen LogP contribution in [0.1, 0.15) is 24.8 Å². The molecule has 1 saturated heterocycles. The van der Waals surface area contributed by atoms with Gasteiger partial charge in [0.15, 0.2) is 0 Å². The quantitative estimate of drug-likeness (QED) is 0.620. The predicted molar refractivity (Wildman–Crippen MR) is 77.6 cm³/mol. The third-order valence-corrected chi connectivity index (χ3v) is 4.57. The van der Waals surface area contributed by atoms with Crippen molar-refractivity contribution in [1.29, 1.82) is 0 Å². The summed E-state index contributed by atoms with van der Waals surface area (Å²) in [7, 11) is 0. The van der Waals surface area contributed by atoms with Gasteiger partial charge in [-0.1, -0.05) is 11.6 Å². The summed E-state index contributed by atoms with van der Waals surface area (Å²) < 4.78 is 5.90. The Morgan fingerprint density at radius 3 is 2.75 bits per heavy atom. The number of nitro benzene ring substituents is 1. The highest BCUT2D eigenvalue weighted by molar-refractivity contribution is 6.33. The molecular formula is C14H17ClN2O3. The number of hydrogen-bond acceptors (Lipinski definition) is 4. The summed E-state index contributed by atoms with van der Waals surface area (Å²) in [5.41, 5.74) is 1.78. The fourth-order valence-electron chi connectivity index (χ4n) is 3.13. The van der Waals surface area contributed by atoms with Crippen LogP contribution < -0.4 is 4.90 Å². The van der Waals surface area contributed by atoms with Crippen LogP contribution in [0.25, 0.3) is 0 Å². The topological polar surface area (TPSA) is 55.6 Å². The van der Waals surface area contributed by atoms with Crippen molar-refractivity contribution in [2.75, 3.05) is 24.6 Å². The zero-order valence-corrected chi connectivity index (χ0v) is 12.2. The van der Waals surface area contributed by atoms with Crippen molar-refractivity contribution in [3.05, 3.63) is 32.8 Å². The zero-order valence-electron chi connectivity index (χ0n) is 11.4. The molecule has 1 aliphatic heterocycles. The molecule has 2 aliphatic rings. The van der Waals surface area contributed by atoms with Crippen molar-refractivity contribution in [3.8, 4) is 0 Å². The van der Waals surface area contributed by atoms with E-state index in [1.807, 2.05) is 6.92 Å². The van der Waals surface area contributed by atoms with E-state index in [0.29, 0.717) is 11.6 Å². The van der Waals surface area contributed by atoms with Crippen LogP contribution in [0, 0.1) is 17.0 Å². The third-order valence-electron chi connectivity index (χ3n) is 4.28. The Kier molecular flexibility index (Phi) is 3.34. The number of non-ortho nitro benzene ring substituents is 1. The van der Waals surface area contributed by atoms with Gasteiger partial charge in [-0.15, -0.1) is 0 Å². The number of anilines is 1. The minimum Gasteiger partial charge on any atom is -0.371 e. The molecule has 1 aromatic carbocycles. The molecule has 0 N–H and O–H groups in total. The standard InChI is InChI=1S/C14H17ClN2O3/c1-10-7-11(17(18)19)8-12(15)13(10)16-5-6-20-14(9-16)3-2-4-14/h7-8H,2-6,9H2,1H3. The fraction of sp³-hybridized carbons (Fsp3) is 0.571. The maximum Gasteiger partial charge on any atom is 0.271 e. The van der Waals surface area contributed by atoms with Crippen molar-refractivity contribution in [2.24, 2.45) is 0 Å². The number of benzene rings is 1. The Bertz CT molecular complexity index is 534. The van der Waals surface area contributed by atoms with Crippen LogP contribution in [0.2, 0.25) is 5.02 Å². The molecule has 3 rings (SSSR count). The smallest absolute Gasteiger partial charge is 0.271 e. The molecule has 0 unspecified atom stereocenters. The number of halogens is 1. The molecule has 0 aromatic heterocycles. The van der Waals surface area contributed by atoms with E-state index in [2.05, 4.69) is 4.90 Å². The fourth-order valence-corrected chi connectivity index (χ4v) is 3.51. The highest BCUT2D eigenvalue weighted by atomic mass is 35.5. The SMILES string of the molecule is Cc1cc([N+](=O)[O-])cc(Cl)c1N1CCOC2(CCC2)C1. The minimum atomic E-state index is -0.407. The predicted octanol–water partition coefficient (Wildman–Crippen LogP) is 3.32. The molecule has 0 radical (unpaired) electrons. The van der Waals surface area contributed by atoms with Crippen LogP contribution >= 0.6 is 11.6 Å². The first kappa shape index (κ1) is 13.6. The van der Waals surface area contributed by atoms with Gasteiger partial charge in [-0.2, -0.15) is 0 Å². The Morgan fingerprint density at radius 1 is 1.45 bits per heavy atom. The Morgan fingerprint density at radius 2 is 2.20 bits per heavy atom. The van der Waals surface area contributed by atoms with Gasteiger partial charge in [-0.25, -0.2) is 0 Å². The zero-order chi connectivity index (χ0) is 14.3. The molecule has 1 heterocycles. The average molecular weight is 297 g/mol. The van der Waals surface area contributed by atoms with Crippen molar-refractivity contribution in [2.45, 2.75) is 31.8 Å². The Hall–Kier alpha value is -1.33. The minimum absolute atomic E-state index is 0.0181. The van der Waals surface area contributed by atoms with Gasteiger partial charge < -0.3 is 9.64 Å². The van der Waals surface area contributed by atoms with E-state index < -0.39 is 4.92 Å². The Labute approximate surface area is 122 Å². The molecule has 0 atom stereocenters. The summed E-state index contributed by atoms with van der Waals surface area (Å²) >= 11 is 6.28. The van der Waals surface area contributed by atoms with Crippen LogP contribution in [0.4, 0.5) is 11.4 Å².